The highest BCUT2D eigenvalue weighted by atomic mass is 19.4. The van der Waals surface area contributed by atoms with Gasteiger partial charge in [0.1, 0.15) is 35.0 Å². The summed E-state index contributed by atoms with van der Waals surface area (Å²) in [6.07, 6.45) is -5.37. The summed E-state index contributed by atoms with van der Waals surface area (Å²) < 4.78 is 68.0. The van der Waals surface area contributed by atoms with Crippen LogP contribution in [0.15, 0.2) is 48.5 Å². The number of nitrogens with one attached hydrogen (secondary N) is 2. The zero-order chi connectivity index (χ0) is 29.7. The minimum absolute atomic E-state index is 0.0476. The van der Waals surface area contributed by atoms with Crippen LogP contribution in [0.4, 0.5) is 23.2 Å². The Labute approximate surface area is 229 Å². The predicted molar refractivity (Wildman–Crippen MR) is 135 cm³/mol. The molecule has 1 unspecified atom stereocenters. The Morgan fingerprint density at radius 3 is 2.51 bits per heavy atom. The van der Waals surface area contributed by atoms with Crippen LogP contribution in [-0.2, 0) is 20.6 Å². The molecule has 2 aliphatic heterocycles. The van der Waals surface area contributed by atoms with Crippen molar-refractivity contribution in [2.45, 2.75) is 24.1 Å². The number of fused-ring (bicyclic) bond motifs is 2. The lowest BCUT2D eigenvalue weighted by Crippen LogP contribution is -2.51. The molecule has 3 heterocycles. The van der Waals surface area contributed by atoms with Crippen LogP contribution >= 0.6 is 0 Å². The van der Waals surface area contributed by atoms with E-state index in [9.17, 15) is 37.1 Å². The maximum atomic E-state index is 14.5. The van der Waals surface area contributed by atoms with Gasteiger partial charge in [0.2, 0.25) is 11.5 Å². The van der Waals surface area contributed by atoms with Crippen molar-refractivity contribution in [1.82, 2.24) is 10.3 Å². The largest absolute Gasteiger partial charge is 0.489 e. The van der Waals surface area contributed by atoms with Crippen LogP contribution in [0.25, 0.3) is 11.3 Å². The van der Waals surface area contributed by atoms with Crippen LogP contribution in [0.5, 0.6) is 11.5 Å². The van der Waals surface area contributed by atoms with Gasteiger partial charge in [0.25, 0.3) is 11.8 Å². The summed E-state index contributed by atoms with van der Waals surface area (Å²) in [6.45, 7) is -0.550. The Morgan fingerprint density at radius 2 is 1.85 bits per heavy atom. The third kappa shape index (κ3) is 4.79. The van der Waals surface area contributed by atoms with Crippen molar-refractivity contribution in [3.8, 4) is 22.8 Å². The molecule has 0 fully saturated rings. The summed E-state index contributed by atoms with van der Waals surface area (Å²) >= 11 is 0. The van der Waals surface area contributed by atoms with Gasteiger partial charge in [0.15, 0.2) is 6.61 Å². The number of benzene rings is 2. The highest BCUT2D eigenvalue weighted by molar-refractivity contribution is 6.00. The van der Waals surface area contributed by atoms with Crippen LogP contribution in [0.3, 0.4) is 0 Å². The Balaban J connectivity index is 1.56. The van der Waals surface area contributed by atoms with Gasteiger partial charge in [-0.3, -0.25) is 14.4 Å². The topological polar surface area (TPSA) is 153 Å². The molecule has 5 rings (SSSR count). The lowest BCUT2D eigenvalue weighted by atomic mass is 9.81. The molecule has 214 valence electrons. The van der Waals surface area contributed by atoms with Gasteiger partial charge in [0.05, 0.1) is 17.9 Å². The number of pyridine rings is 1. The second-order valence-corrected chi connectivity index (χ2v) is 9.81. The fraction of sp³-hybridized carbons (Fsp3) is 0.259. The molecule has 0 saturated heterocycles. The molecular weight excluding hydrogens is 552 g/mol. The van der Waals surface area contributed by atoms with Gasteiger partial charge in [-0.05, 0) is 55.5 Å². The van der Waals surface area contributed by atoms with E-state index in [1.807, 2.05) is 0 Å². The van der Waals surface area contributed by atoms with Crippen molar-refractivity contribution in [2.24, 2.45) is 5.73 Å². The van der Waals surface area contributed by atoms with E-state index in [0.717, 1.165) is 18.2 Å². The lowest BCUT2D eigenvalue weighted by Gasteiger charge is -2.31. The molecule has 14 heteroatoms. The average molecular weight is 574 g/mol. The van der Waals surface area contributed by atoms with Crippen molar-refractivity contribution in [2.75, 3.05) is 25.1 Å². The van der Waals surface area contributed by atoms with E-state index in [-0.39, 0.29) is 52.8 Å². The van der Waals surface area contributed by atoms with Gasteiger partial charge in [-0.2, -0.15) is 13.2 Å². The third-order valence-electron chi connectivity index (χ3n) is 7.01. The number of alkyl halides is 3. The van der Waals surface area contributed by atoms with Crippen LogP contribution in [0, 0.1) is 5.82 Å². The van der Waals surface area contributed by atoms with Crippen LogP contribution in [0.2, 0.25) is 0 Å². The van der Waals surface area contributed by atoms with Crippen molar-refractivity contribution >= 4 is 23.4 Å². The second-order valence-electron chi connectivity index (χ2n) is 9.81. The van der Waals surface area contributed by atoms with Gasteiger partial charge in [-0.1, -0.05) is 0 Å². The fourth-order valence-corrected chi connectivity index (χ4v) is 4.47. The molecule has 3 amide bonds. The van der Waals surface area contributed by atoms with E-state index >= 15 is 0 Å². The summed E-state index contributed by atoms with van der Waals surface area (Å²) in [5.41, 5.74) is -0.809. The first-order valence-electron chi connectivity index (χ1n) is 12.1. The molecule has 0 spiro atoms. The van der Waals surface area contributed by atoms with E-state index in [2.05, 4.69) is 15.6 Å². The first-order chi connectivity index (χ1) is 19.2. The molecule has 0 saturated carbocycles. The number of amides is 3. The van der Waals surface area contributed by atoms with E-state index in [0.29, 0.717) is 0 Å². The van der Waals surface area contributed by atoms with Crippen LogP contribution in [-0.4, -0.2) is 53.7 Å². The molecule has 2 aliphatic rings. The number of nitrogens with two attached hydrogens (primary N) is 1. The predicted octanol–water partition coefficient (Wildman–Crippen LogP) is 2.53. The maximum absolute atomic E-state index is 14.5. The molecule has 41 heavy (non-hydrogen) atoms. The van der Waals surface area contributed by atoms with Crippen LogP contribution in [0.1, 0.15) is 28.5 Å². The number of hydrogen-bond donors (Lipinski definition) is 4. The van der Waals surface area contributed by atoms with Gasteiger partial charge >= 0.3 is 6.18 Å². The number of ether oxygens (including phenoxy) is 2. The number of anilines is 1. The number of carbonyl (C=O) groups is 3. The van der Waals surface area contributed by atoms with Crippen molar-refractivity contribution in [1.29, 1.82) is 0 Å². The SMILES string of the molecule is C[C@]1(C(N)=O)COc2c1cc(C(O)(CNC(=O)c1ccc3c(c1)NC(=O)CO3)C(F)(F)F)nc2-c1ccc(F)cc1. The Morgan fingerprint density at radius 1 is 1.15 bits per heavy atom. The Hall–Kier alpha value is -4.72. The highest BCUT2D eigenvalue weighted by Gasteiger charge is 2.57. The monoisotopic (exact) mass is 574 g/mol. The Bertz CT molecular complexity index is 1580. The summed E-state index contributed by atoms with van der Waals surface area (Å²) in [6, 6.07) is 9.32. The Kier molecular flexibility index (Phi) is 6.60. The van der Waals surface area contributed by atoms with Crippen molar-refractivity contribution < 1.29 is 46.5 Å². The van der Waals surface area contributed by atoms with E-state index in [1.54, 1.807) is 0 Å². The fourth-order valence-electron chi connectivity index (χ4n) is 4.47. The summed E-state index contributed by atoms with van der Waals surface area (Å²) in [7, 11) is 0. The number of hydrogen-bond acceptors (Lipinski definition) is 7. The number of rotatable bonds is 6. The lowest BCUT2D eigenvalue weighted by molar-refractivity contribution is -0.265. The molecule has 0 radical (unpaired) electrons. The van der Waals surface area contributed by atoms with E-state index < -0.39 is 53.0 Å². The number of aromatic nitrogens is 1. The molecule has 1 aromatic heterocycles. The number of nitrogens with zero attached hydrogens (tertiary/aromatic N) is 1. The minimum atomic E-state index is -5.37. The van der Waals surface area contributed by atoms with E-state index in [1.165, 1.54) is 37.3 Å². The molecular formula is C27H22F4N4O6. The second kappa shape index (κ2) is 9.73. The third-order valence-corrected chi connectivity index (χ3v) is 7.01. The highest BCUT2D eigenvalue weighted by Crippen LogP contribution is 2.47. The number of primary amides is 1. The number of carbonyl (C=O) groups excluding carboxylic acids is 3. The molecule has 2 aromatic carbocycles. The summed E-state index contributed by atoms with van der Waals surface area (Å²) in [5, 5.41) is 15.7. The average Bonchev–Trinajstić information content (AvgIpc) is 3.28. The maximum Gasteiger partial charge on any atom is 0.424 e. The molecule has 0 bridgehead atoms. The van der Waals surface area contributed by atoms with E-state index in [4.69, 9.17) is 15.2 Å². The molecule has 10 nitrogen and oxygen atoms in total. The quantitative estimate of drug-likeness (QED) is 0.330. The molecule has 2 atom stereocenters. The smallest absolute Gasteiger partial charge is 0.424 e. The van der Waals surface area contributed by atoms with Crippen LogP contribution < -0.4 is 25.8 Å². The van der Waals surface area contributed by atoms with Gasteiger partial charge in [0, 0.05) is 16.7 Å². The van der Waals surface area contributed by atoms with Gasteiger partial charge in [-0.15, -0.1) is 0 Å². The summed E-state index contributed by atoms with van der Waals surface area (Å²) in [4.78, 5) is 40.8. The standard InChI is InChI=1S/C27H22F4N4O6/c1-25(24(32)38)12-41-22-16(25)9-19(35-21(22)13-2-5-15(28)6-3-13)26(39,27(29,30)31)11-33-23(37)14-4-7-18-17(8-14)34-20(36)10-40-18/h2-9,39H,10-12H2,1H3,(H2,32,38)(H,33,37)(H,34,36)/t25-,26?/m0/s1. The zero-order valence-corrected chi connectivity index (χ0v) is 21.3. The first-order valence-corrected chi connectivity index (χ1v) is 12.1. The van der Waals surface area contributed by atoms with Crippen molar-refractivity contribution in [3.63, 3.8) is 0 Å². The molecule has 3 aromatic rings. The number of aliphatic hydroxyl groups is 1. The summed E-state index contributed by atoms with van der Waals surface area (Å²) in [5.74, 6) is -2.77. The van der Waals surface area contributed by atoms with Gasteiger partial charge in [-0.25, -0.2) is 9.37 Å². The zero-order valence-electron chi connectivity index (χ0n) is 21.3. The van der Waals surface area contributed by atoms with Crippen molar-refractivity contribution in [3.05, 3.63) is 71.2 Å². The normalized spacial score (nSPS) is 19.1. The number of halogens is 4. The molecule has 5 N–H and O–H groups in total. The molecule has 0 aliphatic carbocycles. The minimum Gasteiger partial charge on any atom is -0.489 e. The van der Waals surface area contributed by atoms with Gasteiger partial charge < -0.3 is 30.9 Å². The first kappa shape index (κ1) is 27.8.